The Hall–Kier alpha value is -1.06. The standard InChI is InChI=1S/C24H40O4/c1-5-7-10-24(19-13-17-12-18(15-19)16-20(24)14-17)28-21(25)9-8-11-27-22(26)23(3,4)6-2/h17-20H,5-16H2,1-4H3. The summed E-state index contributed by atoms with van der Waals surface area (Å²) in [7, 11) is 0. The molecule has 0 aromatic rings. The summed E-state index contributed by atoms with van der Waals surface area (Å²) in [4.78, 5) is 24.8. The largest absolute Gasteiger partial charge is 0.465 e. The van der Waals surface area contributed by atoms with Crippen LogP contribution in [0.3, 0.4) is 0 Å². The fourth-order valence-electron chi connectivity index (χ4n) is 6.05. The van der Waals surface area contributed by atoms with Crippen LogP contribution in [0, 0.1) is 29.1 Å². The van der Waals surface area contributed by atoms with Gasteiger partial charge < -0.3 is 9.47 Å². The molecule has 0 unspecified atom stereocenters. The van der Waals surface area contributed by atoms with Crippen molar-refractivity contribution in [2.75, 3.05) is 6.61 Å². The molecule has 4 bridgehead atoms. The number of hydrogen-bond donors (Lipinski definition) is 0. The van der Waals surface area contributed by atoms with Crippen molar-refractivity contribution >= 4 is 11.9 Å². The van der Waals surface area contributed by atoms with Crippen LogP contribution in [0.5, 0.6) is 0 Å². The maximum absolute atomic E-state index is 12.7. The first-order chi connectivity index (χ1) is 13.3. The minimum atomic E-state index is -0.453. The molecule has 4 aliphatic carbocycles. The van der Waals surface area contributed by atoms with E-state index in [2.05, 4.69) is 6.92 Å². The van der Waals surface area contributed by atoms with Gasteiger partial charge in [-0.2, -0.15) is 0 Å². The molecule has 4 saturated carbocycles. The molecule has 28 heavy (non-hydrogen) atoms. The molecule has 0 amide bonds. The van der Waals surface area contributed by atoms with E-state index in [1.165, 1.54) is 32.1 Å². The molecule has 4 nitrogen and oxygen atoms in total. The maximum atomic E-state index is 12.7. The van der Waals surface area contributed by atoms with Gasteiger partial charge in [-0.3, -0.25) is 9.59 Å². The molecule has 0 heterocycles. The summed E-state index contributed by atoms with van der Waals surface area (Å²) >= 11 is 0. The van der Waals surface area contributed by atoms with Gasteiger partial charge in [-0.15, -0.1) is 0 Å². The number of rotatable bonds is 10. The van der Waals surface area contributed by atoms with Crippen molar-refractivity contribution < 1.29 is 19.1 Å². The summed E-state index contributed by atoms with van der Waals surface area (Å²) in [5.41, 5.74) is -0.660. The Bertz CT molecular complexity index is 537. The average Bonchev–Trinajstić information content (AvgIpc) is 2.66. The van der Waals surface area contributed by atoms with Gasteiger partial charge in [-0.05, 0) is 95.3 Å². The number of carbonyl (C=O) groups is 2. The summed E-state index contributed by atoms with van der Waals surface area (Å²) in [6, 6.07) is 0. The van der Waals surface area contributed by atoms with Gasteiger partial charge in [-0.1, -0.05) is 20.3 Å². The quantitative estimate of drug-likeness (QED) is 0.355. The van der Waals surface area contributed by atoms with Crippen molar-refractivity contribution in [3.8, 4) is 0 Å². The molecular weight excluding hydrogens is 352 g/mol. The van der Waals surface area contributed by atoms with Gasteiger partial charge in [0.05, 0.1) is 12.0 Å². The van der Waals surface area contributed by atoms with Crippen molar-refractivity contribution in [3.05, 3.63) is 0 Å². The van der Waals surface area contributed by atoms with E-state index in [0.717, 1.165) is 37.5 Å². The molecule has 4 heteroatoms. The predicted octanol–water partition coefficient (Wildman–Crippen LogP) is 5.67. The molecule has 0 N–H and O–H groups in total. The zero-order valence-electron chi connectivity index (χ0n) is 18.4. The smallest absolute Gasteiger partial charge is 0.311 e. The van der Waals surface area contributed by atoms with E-state index < -0.39 is 5.41 Å². The van der Waals surface area contributed by atoms with Crippen LogP contribution in [0.25, 0.3) is 0 Å². The third kappa shape index (κ3) is 4.41. The second-order valence-electron chi connectivity index (χ2n) is 10.3. The summed E-state index contributed by atoms with van der Waals surface area (Å²) in [6.45, 7) is 8.30. The van der Waals surface area contributed by atoms with Gasteiger partial charge in [0, 0.05) is 6.42 Å². The second-order valence-corrected chi connectivity index (χ2v) is 10.3. The summed E-state index contributed by atoms with van der Waals surface area (Å²) in [5.74, 6) is 2.62. The molecule has 0 aliphatic heterocycles. The van der Waals surface area contributed by atoms with E-state index >= 15 is 0 Å². The minimum Gasteiger partial charge on any atom is -0.465 e. The topological polar surface area (TPSA) is 52.6 Å². The van der Waals surface area contributed by atoms with E-state index in [0.29, 0.717) is 31.3 Å². The van der Waals surface area contributed by atoms with Crippen LogP contribution in [-0.2, 0) is 19.1 Å². The highest BCUT2D eigenvalue weighted by Gasteiger charge is 2.58. The van der Waals surface area contributed by atoms with E-state index in [-0.39, 0.29) is 17.5 Å². The van der Waals surface area contributed by atoms with Crippen LogP contribution in [0.1, 0.15) is 98.3 Å². The lowest BCUT2D eigenvalue weighted by molar-refractivity contribution is -0.212. The monoisotopic (exact) mass is 392 g/mol. The highest BCUT2D eigenvalue weighted by atomic mass is 16.6. The molecule has 160 valence electrons. The van der Waals surface area contributed by atoms with E-state index in [1.807, 2.05) is 20.8 Å². The Labute approximate surface area is 171 Å². The number of hydrogen-bond acceptors (Lipinski definition) is 4. The van der Waals surface area contributed by atoms with E-state index in [4.69, 9.17) is 9.47 Å². The average molecular weight is 393 g/mol. The fourth-order valence-corrected chi connectivity index (χ4v) is 6.05. The van der Waals surface area contributed by atoms with Crippen LogP contribution in [0.4, 0.5) is 0 Å². The first-order valence-electron chi connectivity index (χ1n) is 11.7. The maximum Gasteiger partial charge on any atom is 0.311 e. The van der Waals surface area contributed by atoms with Crippen molar-refractivity contribution in [2.45, 2.75) is 104 Å². The Kier molecular flexibility index (Phi) is 6.76. The van der Waals surface area contributed by atoms with Gasteiger partial charge in [0.25, 0.3) is 0 Å². The highest BCUT2D eigenvalue weighted by molar-refractivity contribution is 5.75. The van der Waals surface area contributed by atoms with Crippen LogP contribution in [-0.4, -0.2) is 24.1 Å². The number of carbonyl (C=O) groups excluding carboxylic acids is 2. The Morgan fingerprint density at radius 1 is 0.964 bits per heavy atom. The predicted molar refractivity (Wildman–Crippen MR) is 110 cm³/mol. The van der Waals surface area contributed by atoms with Crippen molar-refractivity contribution in [1.29, 1.82) is 0 Å². The molecule has 0 atom stereocenters. The zero-order chi connectivity index (χ0) is 20.4. The van der Waals surface area contributed by atoms with Gasteiger partial charge in [0.1, 0.15) is 5.60 Å². The lowest BCUT2D eigenvalue weighted by atomic mass is 9.49. The lowest BCUT2D eigenvalue weighted by Crippen LogP contribution is -2.59. The van der Waals surface area contributed by atoms with Gasteiger partial charge >= 0.3 is 11.9 Å². The Morgan fingerprint density at radius 3 is 2.11 bits per heavy atom. The second kappa shape index (κ2) is 8.75. The molecule has 4 fully saturated rings. The molecule has 0 radical (unpaired) electrons. The summed E-state index contributed by atoms with van der Waals surface area (Å²) in [6.07, 6.45) is 11.4. The molecule has 0 aromatic heterocycles. The van der Waals surface area contributed by atoms with Crippen LogP contribution in [0.2, 0.25) is 0 Å². The van der Waals surface area contributed by atoms with Crippen molar-refractivity contribution in [2.24, 2.45) is 29.1 Å². The van der Waals surface area contributed by atoms with Gasteiger partial charge in [0.2, 0.25) is 0 Å². The first-order valence-corrected chi connectivity index (χ1v) is 11.7. The van der Waals surface area contributed by atoms with Crippen LogP contribution < -0.4 is 0 Å². The third-order valence-electron chi connectivity index (χ3n) is 7.94. The third-order valence-corrected chi connectivity index (χ3v) is 7.94. The minimum absolute atomic E-state index is 0.0885. The summed E-state index contributed by atoms with van der Waals surface area (Å²) in [5, 5.41) is 0. The van der Waals surface area contributed by atoms with E-state index in [1.54, 1.807) is 0 Å². The lowest BCUT2D eigenvalue weighted by Gasteiger charge is -2.60. The molecule has 0 saturated heterocycles. The van der Waals surface area contributed by atoms with Crippen molar-refractivity contribution in [1.82, 2.24) is 0 Å². The summed E-state index contributed by atoms with van der Waals surface area (Å²) < 4.78 is 11.7. The first kappa shape index (κ1) is 21.6. The molecule has 0 aromatic carbocycles. The number of ether oxygens (including phenoxy) is 2. The molecule has 4 aliphatic rings. The van der Waals surface area contributed by atoms with E-state index in [9.17, 15) is 9.59 Å². The molecule has 4 rings (SSSR count). The Balaban J connectivity index is 1.52. The van der Waals surface area contributed by atoms with Gasteiger partial charge in [0.15, 0.2) is 0 Å². The van der Waals surface area contributed by atoms with Gasteiger partial charge in [-0.25, -0.2) is 0 Å². The molecule has 0 spiro atoms. The highest BCUT2D eigenvalue weighted by Crippen LogP contribution is 2.61. The normalized spacial score (nSPS) is 33.7. The van der Waals surface area contributed by atoms with Crippen LogP contribution in [0.15, 0.2) is 0 Å². The number of unbranched alkanes of at least 4 members (excludes halogenated alkanes) is 1. The molecular formula is C24H40O4. The fraction of sp³-hybridized carbons (Fsp3) is 0.917. The SMILES string of the molecule is CCCCC1(OC(=O)CCCOC(=O)C(C)(C)CC)C2CC3CC(C2)CC1C3. The van der Waals surface area contributed by atoms with Crippen LogP contribution >= 0.6 is 0 Å². The number of esters is 2. The Morgan fingerprint density at radius 2 is 1.57 bits per heavy atom. The zero-order valence-corrected chi connectivity index (χ0v) is 18.4. The van der Waals surface area contributed by atoms with Crippen molar-refractivity contribution in [3.63, 3.8) is 0 Å².